The van der Waals surface area contributed by atoms with Crippen LogP contribution in [0.25, 0.3) is 0 Å². The maximum absolute atomic E-state index is 8.77. The minimum atomic E-state index is 0.250. The first-order valence-corrected chi connectivity index (χ1v) is 8.73. The van der Waals surface area contributed by atoms with E-state index in [0.717, 1.165) is 12.8 Å². The van der Waals surface area contributed by atoms with Gasteiger partial charge in [-0.2, -0.15) is 0 Å². The Labute approximate surface area is 127 Å². The van der Waals surface area contributed by atoms with E-state index >= 15 is 0 Å². The predicted octanol–water partition coefficient (Wildman–Crippen LogP) is 6.18. The molecule has 0 aromatic carbocycles. The Morgan fingerprint density at radius 2 is 1.35 bits per heavy atom. The predicted molar refractivity (Wildman–Crippen MR) is 91.1 cm³/mol. The van der Waals surface area contributed by atoms with Crippen LogP contribution >= 0.6 is 0 Å². The van der Waals surface area contributed by atoms with Gasteiger partial charge in [0.25, 0.3) is 0 Å². The van der Waals surface area contributed by atoms with E-state index in [1.54, 1.807) is 0 Å². The van der Waals surface area contributed by atoms with Crippen molar-refractivity contribution >= 4 is 0 Å². The van der Waals surface area contributed by atoms with E-state index in [4.69, 9.17) is 5.11 Å². The smallest absolute Gasteiger partial charge is 0.0468 e. The van der Waals surface area contributed by atoms with E-state index in [-0.39, 0.29) is 6.61 Å². The zero-order chi connectivity index (χ0) is 14.9. The zero-order valence-electron chi connectivity index (χ0n) is 13.7. The van der Waals surface area contributed by atoms with E-state index in [1.165, 1.54) is 76.2 Å². The van der Waals surface area contributed by atoms with Crippen molar-refractivity contribution < 1.29 is 5.11 Å². The zero-order valence-corrected chi connectivity index (χ0v) is 13.7. The topological polar surface area (TPSA) is 20.2 Å². The molecule has 0 atom stereocenters. The van der Waals surface area contributed by atoms with Gasteiger partial charge in [-0.05, 0) is 44.9 Å². The fourth-order valence-electron chi connectivity index (χ4n) is 2.38. The van der Waals surface area contributed by atoms with Crippen LogP contribution in [0, 0.1) is 0 Å². The quantitative estimate of drug-likeness (QED) is 0.280. The second-order valence-corrected chi connectivity index (χ2v) is 5.85. The van der Waals surface area contributed by atoms with Gasteiger partial charge in [-0.3, -0.25) is 0 Å². The van der Waals surface area contributed by atoms with Crippen LogP contribution in [0.4, 0.5) is 0 Å². The SMILES string of the molecule is C=C(CCO)CCCCC/C=C\CCCCCCCC. The third-order valence-corrected chi connectivity index (χ3v) is 3.76. The molecule has 0 aromatic rings. The maximum Gasteiger partial charge on any atom is 0.0468 e. The molecule has 118 valence electrons. The first-order valence-electron chi connectivity index (χ1n) is 8.73. The van der Waals surface area contributed by atoms with Gasteiger partial charge in [-0.15, -0.1) is 0 Å². The summed E-state index contributed by atoms with van der Waals surface area (Å²) in [5.41, 5.74) is 1.20. The average molecular weight is 280 g/mol. The lowest BCUT2D eigenvalue weighted by molar-refractivity contribution is 0.297. The molecular weight excluding hydrogens is 244 g/mol. The molecule has 1 nitrogen and oxygen atoms in total. The Hall–Kier alpha value is -0.560. The van der Waals surface area contributed by atoms with Crippen LogP contribution in [0.1, 0.15) is 90.4 Å². The van der Waals surface area contributed by atoms with E-state index in [9.17, 15) is 0 Å². The van der Waals surface area contributed by atoms with Crippen molar-refractivity contribution in [3.63, 3.8) is 0 Å². The Kier molecular flexibility index (Phi) is 16.0. The fraction of sp³-hybridized carbons (Fsp3) is 0.789. The minimum absolute atomic E-state index is 0.250. The number of unbranched alkanes of at least 4 members (excludes halogenated alkanes) is 9. The van der Waals surface area contributed by atoms with Gasteiger partial charge in [0.1, 0.15) is 0 Å². The van der Waals surface area contributed by atoms with E-state index in [0.29, 0.717) is 0 Å². The van der Waals surface area contributed by atoms with Crippen LogP contribution in [0.15, 0.2) is 24.3 Å². The molecule has 0 aliphatic rings. The van der Waals surface area contributed by atoms with Crippen LogP contribution in [0.2, 0.25) is 0 Å². The minimum Gasteiger partial charge on any atom is -0.396 e. The van der Waals surface area contributed by atoms with Gasteiger partial charge in [0.2, 0.25) is 0 Å². The largest absolute Gasteiger partial charge is 0.396 e. The standard InChI is InChI=1S/C19H36O/c1-3-4-5-6-7-8-9-10-11-12-13-14-15-16-19(2)17-18-20/h10-11,20H,2-9,12-18H2,1H3/b11-10-. The summed E-state index contributed by atoms with van der Waals surface area (Å²) in [6.45, 7) is 6.48. The number of allylic oxidation sites excluding steroid dienone is 2. The summed E-state index contributed by atoms with van der Waals surface area (Å²) in [4.78, 5) is 0. The summed E-state index contributed by atoms with van der Waals surface area (Å²) < 4.78 is 0. The number of aliphatic hydroxyl groups is 1. The van der Waals surface area contributed by atoms with Gasteiger partial charge >= 0.3 is 0 Å². The van der Waals surface area contributed by atoms with Gasteiger partial charge in [0.05, 0.1) is 0 Å². The van der Waals surface area contributed by atoms with Gasteiger partial charge < -0.3 is 5.11 Å². The van der Waals surface area contributed by atoms with Crippen molar-refractivity contribution in [3.05, 3.63) is 24.3 Å². The molecule has 0 saturated carbocycles. The van der Waals surface area contributed by atoms with E-state index in [2.05, 4.69) is 25.7 Å². The fourth-order valence-corrected chi connectivity index (χ4v) is 2.38. The molecule has 0 unspecified atom stereocenters. The van der Waals surface area contributed by atoms with Crippen molar-refractivity contribution in [2.24, 2.45) is 0 Å². The Bertz CT molecular complexity index is 230. The molecular formula is C19H36O. The summed E-state index contributed by atoms with van der Waals surface area (Å²) in [5, 5.41) is 8.77. The molecule has 0 aliphatic carbocycles. The summed E-state index contributed by atoms with van der Waals surface area (Å²) in [5.74, 6) is 0. The molecule has 1 heteroatoms. The van der Waals surface area contributed by atoms with Gasteiger partial charge in [0, 0.05) is 6.61 Å². The lowest BCUT2D eigenvalue weighted by atomic mass is 10.1. The molecule has 0 radical (unpaired) electrons. The van der Waals surface area contributed by atoms with Crippen molar-refractivity contribution in [2.75, 3.05) is 6.61 Å². The van der Waals surface area contributed by atoms with Crippen molar-refractivity contribution in [3.8, 4) is 0 Å². The molecule has 0 fully saturated rings. The lowest BCUT2D eigenvalue weighted by Crippen LogP contribution is -1.87. The van der Waals surface area contributed by atoms with Crippen LogP contribution in [-0.4, -0.2) is 11.7 Å². The highest BCUT2D eigenvalue weighted by atomic mass is 16.2. The first kappa shape index (κ1) is 19.4. The van der Waals surface area contributed by atoms with Gasteiger partial charge in [-0.25, -0.2) is 0 Å². The Balaban J connectivity index is 3.14. The summed E-state index contributed by atoms with van der Waals surface area (Å²) in [6, 6.07) is 0. The van der Waals surface area contributed by atoms with Crippen LogP contribution in [0.5, 0.6) is 0 Å². The molecule has 0 aliphatic heterocycles. The molecule has 0 bridgehead atoms. The van der Waals surface area contributed by atoms with Crippen LogP contribution < -0.4 is 0 Å². The monoisotopic (exact) mass is 280 g/mol. The summed E-state index contributed by atoms with van der Waals surface area (Å²) in [7, 11) is 0. The molecule has 1 N–H and O–H groups in total. The number of hydrogen-bond donors (Lipinski definition) is 1. The third kappa shape index (κ3) is 15.5. The van der Waals surface area contributed by atoms with Crippen molar-refractivity contribution in [2.45, 2.75) is 90.4 Å². The van der Waals surface area contributed by atoms with Crippen LogP contribution in [0.3, 0.4) is 0 Å². The second kappa shape index (κ2) is 16.5. The number of rotatable bonds is 15. The lowest BCUT2D eigenvalue weighted by Gasteiger charge is -2.02. The van der Waals surface area contributed by atoms with Crippen LogP contribution in [-0.2, 0) is 0 Å². The molecule has 0 rings (SSSR count). The Morgan fingerprint density at radius 3 is 1.95 bits per heavy atom. The molecule has 0 amide bonds. The highest BCUT2D eigenvalue weighted by molar-refractivity contribution is 4.93. The normalized spacial score (nSPS) is 11.3. The molecule has 0 aromatic heterocycles. The second-order valence-electron chi connectivity index (χ2n) is 5.85. The number of aliphatic hydroxyl groups excluding tert-OH is 1. The third-order valence-electron chi connectivity index (χ3n) is 3.76. The first-order chi connectivity index (χ1) is 9.81. The van der Waals surface area contributed by atoms with E-state index in [1.807, 2.05) is 0 Å². The van der Waals surface area contributed by atoms with Gasteiger partial charge in [0.15, 0.2) is 0 Å². The highest BCUT2D eigenvalue weighted by Crippen LogP contribution is 2.12. The molecule has 0 saturated heterocycles. The summed E-state index contributed by atoms with van der Waals surface area (Å²) in [6.07, 6.45) is 21.2. The van der Waals surface area contributed by atoms with Crippen molar-refractivity contribution in [1.29, 1.82) is 0 Å². The highest BCUT2D eigenvalue weighted by Gasteiger charge is 1.94. The number of hydrogen-bond acceptors (Lipinski definition) is 1. The molecule has 20 heavy (non-hydrogen) atoms. The van der Waals surface area contributed by atoms with Crippen molar-refractivity contribution in [1.82, 2.24) is 0 Å². The maximum atomic E-state index is 8.77. The summed E-state index contributed by atoms with van der Waals surface area (Å²) >= 11 is 0. The molecule has 0 spiro atoms. The molecule has 0 heterocycles. The van der Waals surface area contributed by atoms with E-state index < -0.39 is 0 Å². The average Bonchev–Trinajstić information content (AvgIpc) is 2.44. The Morgan fingerprint density at radius 1 is 0.800 bits per heavy atom. The van der Waals surface area contributed by atoms with Gasteiger partial charge in [-0.1, -0.05) is 69.8 Å².